The normalized spacial score (nSPS) is 14.4. The van der Waals surface area contributed by atoms with Crippen molar-refractivity contribution in [1.29, 1.82) is 0 Å². The Kier molecular flexibility index (Phi) is 5.00. The van der Waals surface area contributed by atoms with E-state index in [4.69, 9.17) is 16.3 Å². The zero-order valence-corrected chi connectivity index (χ0v) is 16.3. The lowest BCUT2D eigenvalue weighted by Crippen LogP contribution is -2.50. The molecule has 0 saturated carbocycles. The highest BCUT2D eigenvalue weighted by atomic mass is 35.5. The van der Waals surface area contributed by atoms with Crippen LogP contribution in [0.25, 0.3) is 10.3 Å². The smallest absolute Gasteiger partial charge is 0.322 e. The fourth-order valence-electron chi connectivity index (χ4n) is 2.97. The van der Waals surface area contributed by atoms with Gasteiger partial charge in [0.15, 0.2) is 5.13 Å². The third kappa shape index (κ3) is 3.77. The lowest BCUT2D eigenvalue weighted by atomic mass is 10.3. The van der Waals surface area contributed by atoms with E-state index in [9.17, 15) is 4.79 Å². The fourth-order valence-corrected chi connectivity index (χ4v) is 4.10. The van der Waals surface area contributed by atoms with Crippen molar-refractivity contribution in [2.24, 2.45) is 0 Å². The molecule has 0 radical (unpaired) electrons. The van der Waals surface area contributed by atoms with Crippen molar-refractivity contribution in [1.82, 2.24) is 14.9 Å². The molecule has 1 aromatic carbocycles. The summed E-state index contributed by atoms with van der Waals surface area (Å²) in [6.07, 6.45) is 1.77. The van der Waals surface area contributed by atoms with Gasteiger partial charge in [0.1, 0.15) is 16.1 Å². The first-order valence-electron chi connectivity index (χ1n) is 8.50. The summed E-state index contributed by atoms with van der Waals surface area (Å²) < 4.78 is 5.28. The number of urea groups is 1. The second kappa shape index (κ2) is 7.58. The van der Waals surface area contributed by atoms with Crippen molar-refractivity contribution >= 4 is 50.1 Å². The Morgan fingerprint density at radius 1 is 1.26 bits per heavy atom. The number of pyridine rings is 1. The Labute approximate surface area is 165 Å². The van der Waals surface area contributed by atoms with Crippen molar-refractivity contribution in [2.45, 2.75) is 0 Å². The van der Waals surface area contributed by atoms with Crippen molar-refractivity contribution < 1.29 is 9.53 Å². The van der Waals surface area contributed by atoms with Gasteiger partial charge in [0.25, 0.3) is 0 Å². The third-order valence-electron chi connectivity index (χ3n) is 4.40. The van der Waals surface area contributed by atoms with Crippen molar-refractivity contribution in [3.05, 3.63) is 41.6 Å². The first-order chi connectivity index (χ1) is 13.1. The van der Waals surface area contributed by atoms with Crippen LogP contribution < -0.4 is 15.0 Å². The van der Waals surface area contributed by atoms with Gasteiger partial charge < -0.3 is 19.9 Å². The van der Waals surface area contributed by atoms with E-state index in [-0.39, 0.29) is 6.03 Å². The number of methoxy groups -OCH3 is 1. The van der Waals surface area contributed by atoms with E-state index in [1.54, 1.807) is 47.7 Å². The largest absolute Gasteiger partial charge is 0.495 e. The number of fused-ring (bicyclic) bond motifs is 1. The molecule has 1 saturated heterocycles. The minimum atomic E-state index is -0.166. The maximum atomic E-state index is 12.6. The molecule has 3 aromatic rings. The number of benzene rings is 1. The van der Waals surface area contributed by atoms with Crippen LogP contribution in [0.5, 0.6) is 5.75 Å². The SMILES string of the molecule is COc1ccc(Cl)cc1NC(=O)N1CCN(c2nc3cccnc3s2)CC1. The van der Waals surface area contributed by atoms with Crippen molar-refractivity contribution in [3.8, 4) is 5.75 Å². The molecule has 3 heterocycles. The van der Waals surface area contributed by atoms with E-state index in [2.05, 4.69) is 20.2 Å². The molecule has 0 atom stereocenters. The van der Waals surface area contributed by atoms with Gasteiger partial charge >= 0.3 is 6.03 Å². The minimum absolute atomic E-state index is 0.166. The molecule has 9 heteroatoms. The number of ether oxygens (including phenoxy) is 1. The van der Waals surface area contributed by atoms with E-state index in [1.807, 2.05) is 12.1 Å². The number of anilines is 2. The maximum absolute atomic E-state index is 12.6. The number of carbonyl (C=O) groups excluding carboxylic acids is 1. The van der Waals surface area contributed by atoms with E-state index >= 15 is 0 Å². The van der Waals surface area contributed by atoms with Crippen molar-refractivity contribution in [3.63, 3.8) is 0 Å². The summed E-state index contributed by atoms with van der Waals surface area (Å²) in [7, 11) is 1.56. The van der Waals surface area contributed by atoms with Gasteiger partial charge in [0.05, 0.1) is 12.8 Å². The zero-order valence-electron chi connectivity index (χ0n) is 14.7. The summed E-state index contributed by atoms with van der Waals surface area (Å²) in [5.74, 6) is 0.577. The summed E-state index contributed by atoms with van der Waals surface area (Å²) >= 11 is 7.60. The van der Waals surface area contributed by atoms with Gasteiger partial charge in [-0.15, -0.1) is 0 Å². The van der Waals surface area contributed by atoms with E-state index < -0.39 is 0 Å². The number of amides is 2. The van der Waals surface area contributed by atoms with Gasteiger partial charge in [-0.25, -0.2) is 14.8 Å². The topological polar surface area (TPSA) is 70.6 Å². The molecule has 0 unspecified atom stereocenters. The van der Waals surface area contributed by atoms with E-state index in [0.717, 1.165) is 28.6 Å². The van der Waals surface area contributed by atoms with Crippen LogP contribution >= 0.6 is 22.9 Å². The summed E-state index contributed by atoms with van der Waals surface area (Å²) in [5.41, 5.74) is 1.47. The standard InChI is InChI=1S/C18H18ClN5O2S/c1-26-15-5-4-12(19)11-14(15)21-17(25)23-7-9-24(10-8-23)18-22-13-3-2-6-20-16(13)27-18/h2-6,11H,7-10H2,1H3,(H,21,25). The highest BCUT2D eigenvalue weighted by Gasteiger charge is 2.24. The summed E-state index contributed by atoms with van der Waals surface area (Å²) in [6, 6.07) is 8.82. The first-order valence-corrected chi connectivity index (χ1v) is 9.69. The number of rotatable bonds is 3. The van der Waals surface area contributed by atoms with Crippen LogP contribution in [0.1, 0.15) is 0 Å². The Morgan fingerprint density at radius 3 is 2.81 bits per heavy atom. The lowest BCUT2D eigenvalue weighted by Gasteiger charge is -2.34. The molecule has 2 aromatic heterocycles. The lowest BCUT2D eigenvalue weighted by molar-refractivity contribution is 0.208. The number of thiazole rings is 1. The molecular formula is C18H18ClN5O2S. The molecule has 4 rings (SSSR count). The van der Waals surface area contributed by atoms with Crippen LogP contribution in [0.2, 0.25) is 5.02 Å². The molecular weight excluding hydrogens is 386 g/mol. The maximum Gasteiger partial charge on any atom is 0.322 e. The molecule has 140 valence electrons. The van der Waals surface area contributed by atoms with Crippen LogP contribution in [0, 0.1) is 0 Å². The first kappa shape index (κ1) is 17.8. The van der Waals surface area contributed by atoms with Crippen LogP contribution in [-0.2, 0) is 0 Å². The average Bonchev–Trinajstić information content (AvgIpc) is 3.12. The Hall–Kier alpha value is -2.58. The fraction of sp³-hybridized carbons (Fsp3) is 0.278. The number of halogens is 1. The molecule has 1 N–H and O–H groups in total. The number of hydrogen-bond acceptors (Lipinski definition) is 6. The van der Waals surface area contributed by atoms with Gasteiger partial charge in [-0.2, -0.15) is 0 Å². The quantitative estimate of drug-likeness (QED) is 0.721. The van der Waals surface area contributed by atoms with E-state index in [1.165, 1.54) is 0 Å². The minimum Gasteiger partial charge on any atom is -0.495 e. The molecule has 27 heavy (non-hydrogen) atoms. The number of nitrogens with one attached hydrogen (secondary N) is 1. The second-order valence-corrected chi connectivity index (χ2v) is 7.47. The molecule has 7 nitrogen and oxygen atoms in total. The molecule has 2 amide bonds. The van der Waals surface area contributed by atoms with Crippen molar-refractivity contribution in [2.75, 3.05) is 43.5 Å². The van der Waals surface area contributed by atoms with Crippen LogP contribution in [0.15, 0.2) is 36.5 Å². The molecule has 1 aliphatic rings. The van der Waals surface area contributed by atoms with Gasteiger partial charge in [0.2, 0.25) is 0 Å². The summed E-state index contributed by atoms with van der Waals surface area (Å²) in [6.45, 7) is 2.66. The number of aromatic nitrogens is 2. The Bertz CT molecular complexity index is 938. The highest BCUT2D eigenvalue weighted by molar-refractivity contribution is 7.21. The second-order valence-electron chi connectivity index (χ2n) is 6.07. The zero-order chi connectivity index (χ0) is 18.8. The summed E-state index contributed by atoms with van der Waals surface area (Å²) in [4.78, 5) is 26.5. The molecule has 0 aliphatic carbocycles. The molecule has 0 spiro atoms. The number of carbonyl (C=O) groups is 1. The van der Waals surface area contributed by atoms with E-state index in [0.29, 0.717) is 29.5 Å². The van der Waals surface area contributed by atoms with Crippen LogP contribution in [-0.4, -0.2) is 54.2 Å². The number of nitrogens with zero attached hydrogens (tertiary/aromatic N) is 4. The highest BCUT2D eigenvalue weighted by Crippen LogP contribution is 2.29. The van der Waals surface area contributed by atoms with Crippen LogP contribution in [0.3, 0.4) is 0 Å². The Morgan fingerprint density at radius 2 is 2.07 bits per heavy atom. The van der Waals surface area contributed by atoms with Gasteiger partial charge in [-0.3, -0.25) is 0 Å². The predicted octanol–water partition coefficient (Wildman–Crippen LogP) is 3.71. The van der Waals surface area contributed by atoms with Gasteiger partial charge in [-0.05, 0) is 30.3 Å². The third-order valence-corrected chi connectivity index (χ3v) is 5.67. The monoisotopic (exact) mass is 403 g/mol. The average molecular weight is 404 g/mol. The predicted molar refractivity (Wildman–Crippen MR) is 108 cm³/mol. The van der Waals surface area contributed by atoms with Gasteiger partial charge in [-0.1, -0.05) is 22.9 Å². The molecule has 1 fully saturated rings. The number of piperazine rings is 1. The summed E-state index contributed by atoms with van der Waals surface area (Å²) in [5, 5.41) is 4.37. The number of hydrogen-bond donors (Lipinski definition) is 1. The molecule has 0 bridgehead atoms. The van der Waals surface area contributed by atoms with Gasteiger partial charge in [0, 0.05) is 37.4 Å². The molecule has 1 aliphatic heterocycles. The Balaban J connectivity index is 1.40. The van der Waals surface area contributed by atoms with Crippen LogP contribution in [0.4, 0.5) is 15.6 Å².